The lowest BCUT2D eigenvalue weighted by Gasteiger charge is -2.43. The van der Waals surface area contributed by atoms with Crippen LogP contribution in [0.3, 0.4) is 0 Å². The zero-order valence-corrected chi connectivity index (χ0v) is 33.6. The normalized spacial score (nSPS) is 26.6. The number of hydrogen-bond acceptors (Lipinski definition) is 12. The number of hydrogen-bond donors (Lipinski definition) is 3. The molecule has 0 spiro atoms. The average Bonchev–Trinajstić information content (AvgIpc) is 3.89. The van der Waals surface area contributed by atoms with Gasteiger partial charge < -0.3 is 30.5 Å². The molecular formula is C39H62ClN11O4. The van der Waals surface area contributed by atoms with E-state index in [9.17, 15) is 14.4 Å². The van der Waals surface area contributed by atoms with E-state index >= 15 is 0 Å². The van der Waals surface area contributed by atoms with Crippen molar-refractivity contribution < 1.29 is 19.1 Å². The molecule has 1 unspecified atom stereocenters. The number of esters is 1. The molecule has 3 N–H and O–H groups in total. The van der Waals surface area contributed by atoms with Crippen molar-refractivity contribution in [1.29, 1.82) is 0 Å². The summed E-state index contributed by atoms with van der Waals surface area (Å²) in [4.78, 5) is 58.0. The number of amides is 2. The van der Waals surface area contributed by atoms with Gasteiger partial charge in [0.1, 0.15) is 11.4 Å². The highest BCUT2D eigenvalue weighted by molar-refractivity contribution is 5.94. The van der Waals surface area contributed by atoms with Crippen molar-refractivity contribution >= 4 is 47.6 Å². The Labute approximate surface area is 332 Å². The zero-order chi connectivity index (χ0) is 37.4. The molecule has 0 aromatic carbocycles. The Morgan fingerprint density at radius 3 is 2.09 bits per heavy atom. The average molecular weight is 784 g/mol. The summed E-state index contributed by atoms with van der Waals surface area (Å²) in [5.74, 6) is 1.96. The van der Waals surface area contributed by atoms with Crippen molar-refractivity contribution in [3.05, 3.63) is 24.2 Å². The summed E-state index contributed by atoms with van der Waals surface area (Å²) in [5, 5.41) is 14.3. The standard InChI is InChI=1S/C39H61N11O4.ClH/c1-3-54-38(53)34-26-41-39(44-32-25-42-46(2)27-32)45-35(34)43-31-8-10-33(11-9-31)48-20-22-50(23-21-48)37(52)30-6-4-29(5-7-30)36(51)49-18-16-47(17-19-49)15-13-28-12-14-40-24-28;/h25-31,33,40H,3-24H2,1-2H3,(H2,41,43,44,45);1H. The lowest BCUT2D eigenvalue weighted by molar-refractivity contribution is -0.143. The van der Waals surface area contributed by atoms with E-state index in [2.05, 4.69) is 50.6 Å². The maximum atomic E-state index is 13.6. The topological polar surface area (TPSA) is 153 Å². The molecule has 2 aromatic rings. The Morgan fingerprint density at radius 1 is 0.855 bits per heavy atom. The summed E-state index contributed by atoms with van der Waals surface area (Å²) in [7, 11) is 1.84. The number of nitrogens with one attached hydrogen (secondary N) is 3. The Kier molecular flexibility index (Phi) is 14.6. The molecule has 3 saturated heterocycles. The van der Waals surface area contributed by atoms with Gasteiger partial charge in [0, 0.05) is 95.7 Å². The molecular weight excluding hydrogens is 722 g/mol. The van der Waals surface area contributed by atoms with E-state index in [4.69, 9.17) is 4.74 Å². The Morgan fingerprint density at radius 2 is 1.51 bits per heavy atom. The van der Waals surface area contributed by atoms with Gasteiger partial charge in [-0.3, -0.25) is 24.1 Å². The van der Waals surface area contributed by atoms with Crippen LogP contribution in [0.4, 0.5) is 17.5 Å². The molecule has 3 aliphatic heterocycles. The van der Waals surface area contributed by atoms with E-state index in [0.29, 0.717) is 35.2 Å². The first-order valence-corrected chi connectivity index (χ1v) is 20.6. The van der Waals surface area contributed by atoms with Crippen LogP contribution in [0.1, 0.15) is 81.5 Å². The Balaban J connectivity index is 0.00000514. The molecule has 5 heterocycles. The molecule has 15 nitrogen and oxygen atoms in total. The maximum Gasteiger partial charge on any atom is 0.343 e. The lowest BCUT2D eigenvalue weighted by atomic mass is 9.80. The SMILES string of the molecule is CCOC(=O)c1cnc(Nc2cnn(C)c2)nc1NC1CCC(N2CCN(C(=O)C3CCC(C(=O)N4CCN(CCC5CCNC5)CC4)CC3)CC2)CC1.Cl. The van der Waals surface area contributed by atoms with Crippen molar-refractivity contribution in [2.45, 2.75) is 83.2 Å². The third kappa shape index (κ3) is 10.7. The van der Waals surface area contributed by atoms with Gasteiger partial charge in [0.05, 0.1) is 18.5 Å². The highest BCUT2D eigenvalue weighted by atomic mass is 35.5. The third-order valence-corrected chi connectivity index (χ3v) is 12.6. The van der Waals surface area contributed by atoms with Crippen LogP contribution in [0.5, 0.6) is 0 Å². The molecule has 0 bridgehead atoms. The summed E-state index contributed by atoms with van der Waals surface area (Å²) in [6.07, 6.45) is 14.9. The molecule has 5 fully saturated rings. The van der Waals surface area contributed by atoms with Gasteiger partial charge in [-0.25, -0.2) is 9.78 Å². The van der Waals surface area contributed by atoms with E-state index < -0.39 is 5.97 Å². The smallest absolute Gasteiger partial charge is 0.343 e. The van der Waals surface area contributed by atoms with Gasteiger partial charge in [-0.05, 0) is 96.7 Å². The number of carbonyl (C=O) groups is 3. The largest absolute Gasteiger partial charge is 0.462 e. The van der Waals surface area contributed by atoms with Crippen LogP contribution in [0.15, 0.2) is 18.6 Å². The van der Waals surface area contributed by atoms with Gasteiger partial charge in [-0.15, -0.1) is 12.4 Å². The van der Waals surface area contributed by atoms with Gasteiger partial charge in [0.15, 0.2) is 0 Å². The second kappa shape index (κ2) is 19.6. The molecule has 1 atom stereocenters. The van der Waals surface area contributed by atoms with Crippen molar-refractivity contribution in [2.24, 2.45) is 24.8 Å². The molecule has 2 aromatic heterocycles. The number of carbonyl (C=O) groups excluding carboxylic acids is 3. The van der Waals surface area contributed by atoms with Gasteiger partial charge in [-0.2, -0.15) is 10.1 Å². The monoisotopic (exact) mass is 783 g/mol. The predicted molar refractivity (Wildman–Crippen MR) is 214 cm³/mol. The van der Waals surface area contributed by atoms with Crippen LogP contribution >= 0.6 is 12.4 Å². The fourth-order valence-corrected chi connectivity index (χ4v) is 9.23. The first kappa shape index (κ1) is 41.1. The van der Waals surface area contributed by atoms with Gasteiger partial charge >= 0.3 is 5.97 Å². The number of ether oxygens (including phenoxy) is 1. The summed E-state index contributed by atoms with van der Waals surface area (Å²) < 4.78 is 6.99. The van der Waals surface area contributed by atoms with Crippen molar-refractivity contribution in [1.82, 2.24) is 44.7 Å². The minimum Gasteiger partial charge on any atom is -0.462 e. The third-order valence-electron chi connectivity index (χ3n) is 12.6. The summed E-state index contributed by atoms with van der Waals surface area (Å²) >= 11 is 0. The molecule has 16 heteroatoms. The Bertz CT molecular complexity index is 1560. The molecule has 7 rings (SSSR count). The van der Waals surface area contributed by atoms with Crippen LogP contribution in [0.25, 0.3) is 0 Å². The highest BCUT2D eigenvalue weighted by Crippen LogP contribution is 2.33. The first-order chi connectivity index (χ1) is 26.3. The number of aromatic nitrogens is 4. The van der Waals surface area contributed by atoms with Crippen LogP contribution < -0.4 is 16.0 Å². The molecule has 2 saturated carbocycles. The van der Waals surface area contributed by atoms with Crippen LogP contribution in [-0.2, 0) is 21.4 Å². The second-order valence-corrected chi connectivity index (χ2v) is 16.1. The van der Waals surface area contributed by atoms with Gasteiger partial charge in [-0.1, -0.05) is 0 Å². The molecule has 5 aliphatic rings. The minimum atomic E-state index is -0.442. The van der Waals surface area contributed by atoms with E-state index in [1.165, 1.54) is 19.0 Å². The number of nitrogens with zero attached hydrogens (tertiary/aromatic N) is 8. The van der Waals surface area contributed by atoms with Crippen LogP contribution in [0.2, 0.25) is 0 Å². The highest BCUT2D eigenvalue weighted by Gasteiger charge is 2.37. The lowest BCUT2D eigenvalue weighted by Crippen LogP contribution is -2.54. The van der Waals surface area contributed by atoms with Crippen LogP contribution in [-0.4, -0.2) is 148 Å². The van der Waals surface area contributed by atoms with Gasteiger partial charge in [0.25, 0.3) is 0 Å². The predicted octanol–water partition coefficient (Wildman–Crippen LogP) is 3.37. The molecule has 304 valence electrons. The first-order valence-electron chi connectivity index (χ1n) is 20.6. The minimum absolute atomic E-state index is 0. The van der Waals surface area contributed by atoms with Crippen LogP contribution in [0, 0.1) is 17.8 Å². The number of piperazine rings is 2. The van der Waals surface area contributed by atoms with E-state index in [-0.39, 0.29) is 36.9 Å². The molecule has 2 amide bonds. The van der Waals surface area contributed by atoms with E-state index in [0.717, 1.165) is 135 Å². The summed E-state index contributed by atoms with van der Waals surface area (Å²) in [6.45, 7) is 12.5. The zero-order valence-electron chi connectivity index (χ0n) is 32.8. The number of anilines is 3. The maximum absolute atomic E-state index is 13.6. The van der Waals surface area contributed by atoms with Crippen molar-refractivity contribution in [2.75, 3.05) is 89.2 Å². The van der Waals surface area contributed by atoms with E-state index in [1.807, 2.05) is 13.2 Å². The molecule has 55 heavy (non-hydrogen) atoms. The fraction of sp³-hybridized carbons (Fsp3) is 0.744. The number of rotatable bonds is 12. The fourth-order valence-electron chi connectivity index (χ4n) is 9.23. The second-order valence-electron chi connectivity index (χ2n) is 16.1. The molecule has 2 aliphatic carbocycles. The number of halogens is 1. The number of aryl methyl sites for hydroxylation is 1. The van der Waals surface area contributed by atoms with Crippen molar-refractivity contribution in [3.63, 3.8) is 0 Å². The Hall–Kier alpha value is -3.53. The quantitative estimate of drug-likeness (QED) is 0.271. The van der Waals surface area contributed by atoms with Crippen molar-refractivity contribution in [3.8, 4) is 0 Å². The van der Waals surface area contributed by atoms with Gasteiger partial charge in [0.2, 0.25) is 17.8 Å². The van der Waals surface area contributed by atoms with E-state index in [1.54, 1.807) is 17.8 Å². The molecule has 0 radical (unpaired) electrons. The summed E-state index contributed by atoms with van der Waals surface area (Å²) in [5.41, 5.74) is 1.09. The summed E-state index contributed by atoms with van der Waals surface area (Å²) in [6, 6.07) is 0.653.